The Kier molecular flexibility index (Phi) is 5.61. The summed E-state index contributed by atoms with van der Waals surface area (Å²) in [6.45, 7) is 5.15. The first-order valence-electron chi connectivity index (χ1n) is 7.82. The standard InChI is InChI=1S/C18H15ClF3NO5/c1-17(2,3)11-8-13(23(26)27)10(16(24)25)7-15(11)28-14-5-4-9(6-12(14)19)18(20,21)22/h4-8H,1-3H3,(H,24,25). The first kappa shape index (κ1) is 21.5. The number of hydrogen-bond acceptors (Lipinski definition) is 4. The number of aromatic carboxylic acids is 1. The van der Waals surface area contributed by atoms with E-state index in [1.807, 2.05) is 0 Å². The van der Waals surface area contributed by atoms with E-state index in [1.165, 1.54) is 0 Å². The van der Waals surface area contributed by atoms with Gasteiger partial charge in [-0.15, -0.1) is 0 Å². The zero-order chi connectivity index (χ0) is 21.4. The van der Waals surface area contributed by atoms with E-state index in [0.717, 1.165) is 24.3 Å². The number of halogens is 4. The molecular weight excluding hydrogens is 403 g/mol. The van der Waals surface area contributed by atoms with Crippen molar-refractivity contribution in [2.24, 2.45) is 0 Å². The predicted molar refractivity (Wildman–Crippen MR) is 95.3 cm³/mol. The van der Waals surface area contributed by atoms with Gasteiger partial charge in [0, 0.05) is 17.7 Å². The van der Waals surface area contributed by atoms with Gasteiger partial charge in [0.25, 0.3) is 5.69 Å². The Morgan fingerprint density at radius 1 is 1.14 bits per heavy atom. The molecule has 0 aliphatic carbocycles. The Morgan fingerprint density at radius 3 is 2.18 bits per heavy atom. The van der Waals surface area contributed by atoms with E-state index < -0.39 is 39.3 Å². The molecule has 0 fully saturated rings. The fourth-order valence-corrected chi connectivity index (χ4v) is 2.66. The molecule has 0 aliphatic heterocycles. The molecule has 0 saturated heterocycles. The highest BCUT2D eigenvalue weighted by Gasteiger charge is 2.32. The van der Waals surface area contributed by atoms with Gasteiger partial charge in [-0.2, -0.15) is 13.2 Å². The Bertz CT molecular complexity index is 951. The lowest BCUT2D eigenvalue weighted by Crippen LogP contribution is -2.15. The second-order valence-corrected chi connectivity index (χ2v) is 7.33. The number of nitro groups is 1. The molecule has 28 heavy (non-hydrogen) atoms. The van der Waals surface area contributed by atoms with Crippen molar-refractivity contribution in [1.82, 2.24) is 0 Å². The Balaban J connectivity index is 2.63. The molecule has 0 atom stereocenters. The van der Waals surface area contributed by atoms with Crippen molar-refractivity contribution in [3.05, 3.63) is 62.2 Å². The number of nitrogens with zero attached hydrogens (tertiary/aromatic N) is 1. The molecule has 0 bridgehead atoms. The zero-order valence-corrected chi connectivity index (χ0v) is 15.7. The molecule has 0 heterocycles. The molecule has 0 aliphatic rings. The normalized spacial score (nSPS) is 12.0. The minimum absolute atomic E-state index is 0.0582. The van der Waals surface area contributed by atoms with Crippen molar-refractivity contribution in [1.29, 1.82) is 0 Å². The summed E-state index contributed by atoms with van der Waals surface area (Å²) in [7, 11) is 0. The SMILES string of the molecule is CC(C)(C)c1cc([N+](=O)[O-])c(C(=O)O)cc1Oc1ccc(C(F)(F)F)cc1Cl. The molecule has 2 aromatic rings. The molecule has 0 spiro atoms. The quantitative estimate of drug-likeness (QED) is 0.482. The summed E-state index contributed by atoms with van der Waals surface area (Å²) in [6, 6.07) is 4.49. The fraction of sp³-hybridized carbons (Fsp3) is 0.278. The molecule has 0 saturated carbocycles. The highest BCUT2D eigenvalue weighted by atomic mass is 35.5. The summed E-state index contributed by atoms with van der Waals surface area (Å²) in [6.07, 6.45) is -4.59. The van der Waals surface area contributed by atoms with Crippen LogP contribution in [0.1, 0.15) is 42.3 Å². The van der Waals surface area contributed by atoms with Crippen LogP contribution in [-0.2, 0) is 11.6 Å². The van der Waals surface area contributed by atoms with Crippen LogP contribution >= 0.6 is 11.6 Å². The smallest absolute Gasteiger partial charge is 0.416 e. The van der Waals surface area contributed by atoms with Crippen LogP contribution in [0.15, 0.2) is 30.3 Å². The molecule has 6 nitrogen and oxygen atoms in total. The molecule has 2 rings (SSSR count). The van der Waals surface area contributed by atoms with E-state index in [9.17, 15) is 33.2 Å². The van der Waals surface area contributed by atoms with E-state index in [1.54, 1.807) is 20.8 Å². The van der Waals surface area contributed by atoms with E-state index >= 15 is 0 Å². The van der Waals surface area contributed by atoms with Gasteiger partial charge in [-0.05, 0) is 23.6 Å². The average molecular weight is 418 g/mol. The van der Waals surface area contributed by atoms with Crippen molar-refractivity contribution >= 4 is 23.3 Å². The van der Waals surface area contributed by atoms with Gasteiger partial charge in [0.1, 0.15) is 17.1 Å². The monoisotopic (exact) mass is 417 g/mol. The molecule has 0 unspecified atom stereocenters. The second kappa shape index (κ2) is 7.31. The van der Waals surface area contributed by atoms with Crippen LogP contribution in [0, 0.1) is 10.1 Å². The van der Waals surface area contributed by atoms with Crippen molar-refractivity contribution < 1.29 is 32.7 Å². The van der Waals surface area contributed by atoms with Crippen molar-refractivity contribution in [3.63, 3.8) is 0 Å². The minimum Gasteiger partial charge on any atom is -0.477 e. The van der Waals surface area contributed by atoms with Crippen LogP contribution in [0.5, 0.6) is 11.5 Å². The number of carbonyl (C=O) groups is 1. The third kappa shape index (κ3) is 4.53. The maximum absolute atomic E-state index is 12.8. The lowest BCUT2D eigenvalue weighted by molar-refractivity contribution is -0.385. The summed E-state index contributed by atoms with van der Waals surface area (Å²) in [4.78, 5) is 21.8. The maximum Gasteiger partial charge on any atom is 0.416 e. The Labute approximate surface area is 162 Å². The van der Waals surface area contributed by atoms with Gasteiger partial charge < -0.3 is 9.84 Å². The molecule has 0 aromatic heterocycles. The summed E-state index contributed by atoms with van der Waals surface area (Å²) < 4.78 is 43.9. The van der Waals surface area contributed by atoms with Gasteiger partial charge in [0.2, 0.25) is 0 Å². The Hall–Kier alpha value is -2.81. The van der Waals surface area contributed by atoms with Gasteiger partial charge in [0.15, 0.2) is 0 Å². The molecule has 0 radical (unpaired) electrons. The van der Waals surface area contributed by atoms with Crippen LogP contribution in [0.2, 0.25) is 5.02 Å². The number of carboxylic acid groups (broad SMARTS) is 1. The largest absolute Gasteiger partial charge is 0.477 e. The third-order valence-electron chi connectivity index (χ3n) is 3.81. The number of nitro benzene ring substituents is 1. The molecular formula is C18H15ClF3NO5. The molecule has 150 valence electrons. The molecule has 1 N–H and O–H groups in total. The van der Waals surface area contributed by atoms with E-state index in [0.29, 0.717) is 11.6 Å². The zero-order valence-electron chi connectivity index (χ0n) is 14.9. The summed E-state index contributed by atoms with van der Waals surface area (Å²) in [5, 5.41) is 20.2. The third-order valence-corrected chi connectivity index (χ3v) is 4.11. The number of ether oxygens (including phenoxy) is 1. The number of benzene rings is 2. The van der Waals surface area contributed by atoms with Crippen LogP contribution in [-0.4, -0.2) is 16.0 Å². The number of rotatable bonds is 4. The van der Waals surface area contributed by atoms with Crippen LogP contribution in [0.25, 0.3) is 0 Å². The van der Waals surface area contributed by atoms with Crippen LogP contribution in [0.3, 0.4) is 0 Å². The van der Waals surface area contributed by atoms with E-state index in [-0.39, 0.29) is 16.5 Å². The van der Waals surface area contributed by atoms with E-state index in [4.69, 9.17) is 16.3 Å². The highest BCUT2D eigenvalue weighted by Crippen LogP contribution is 2.41. The number of hydrogen-bond donors (Lipinski definition) is 1. The van der Waals surface area contributed by atoms with Gasteiger partial charge in [-0.1, -0.05) is 32.4 Å². The fourth-order valence-electron chi connectivity index (χ4n) is 2.44. The van der Waals surface area contributed by atoms with Gasteiger partial charge in [0.05, 0.1) is 15.5 Å². The van der Waals surface area contributed by atoms with Crippen LogP contribution in [0.4, 0.5) is 18.9 Å². The first-order chi connectivity index (χ1) is 12.7. The van der Waals surface area contributed by atoms with Gasteiger partial charge >= 0.3 is 12.1 Å². The summed E-state index contributed by atoms with van der Waals surface area (Å²) >= 11 is 5.89. The minimum atomic E-state index is -4.59. The Morgan fingerprint density at radius 2 is 1.75 bits per heavy atom. The molecule has 10 heteroatoms. The summed E-state index contributed by atoms with van der Waals surface area (Å²) in [5.74, 6) is -1.75. The first-order valence-corrected chi connectivity index (χ1v) is 8.20. The van der Waals surface area contributed by atoms with Crippen molar-refractivity contribution in [2.75, 3.05) is 0 Å². The average Bonchev–Trinajstić information content (AvgIpc) is 2.53. The molecule has 2 aromatic carbocycles. The second-order valence-electron chi connectivity index (χ2n) is 6.92. The van der Waals surface area contributed by atoms with Gasteiger partial charge in [-0.3, -0.25) is 10.1 Å². The topological polar surface area (TPSA) is 89.7 Å². The number of alkyl halides is 3. The number of carboxylic acids is 1. The highest BCUT2D eigenvalue weighted by molar-refractivity contribution is 6.32. The van der Waals surface area contributed by atoms with Crippen molar-refractivity contribution in [3.8, 4) is 11.5 Å². The predicted octanol–water partition coefficient (Wildman–Crippen LogP) is 6.06. The molecule has 0 amide bonds. The summed E-state index contributed by atoms with van der Waals surface area (Å²) in [5.41, 5.74) is -2.62. The lowest BCUT2D eigenvalue weighted by atomic mass is 9.85. The van der Waals surface area contributed by atoms with Crippen molar-refractivity contribution in [2.45, 2.75) is 32.4 Å². The van der Waals surface area contributed by atoms with Gasteiger partial charge in [-0.25, -0.2) is 4.79 Å². The maximum atomic E-state index is 12.8. The van der Waals surface area contributed by atoms with E-state index in [2.05, 4.69) is 0 Å². The lowest BCUT2D eigenvalue weighted by Gasteiger charge is -2.23. The van der Waals surface area contributed by atoms with Crippen LogP contribution < -0.4 is 4.74 Å².